The summed E-state index contributed by atoms with van der Waals surface area (Å²) in [6, 6.07) is 9.98. The summed E-state index contributed by atoms with van der Waals surface area (Å²) in [5.74, 6) is -0.0490. The number of aromatic amines is 1. The maximum absolute atomic E-state index is 12.9. The van der Waals surface area contributed by atoms with E-state index in [1.54, 1.807) is 12.0 Å². The Morgan fingerprint density at radius 3 is 2.88 bits per heavy atom. The molecule has 0 fully saturated rings. The highest BCUT2D eigenvalue weighted by molar-refractivity contribution is 5.94. The zero-order chi connectivity index (χ0) is 16.1. The van der Waals surface area contributed by atoms with E-state index in [0.29, 0.717) is 31.9 Å². The molecule has 2 heterocycles. The molecule has 1 aromatic carbocycles. The topological polar surface area (TPSA) is 70.2 Å². The monoisotopic (exact) mass is 350 g/mol. The number of rotatable bonds is 6. The second-order valence-electron chi connectivity index (χ2n) is 5.66. The number of amides is 1. The van der Waals surface area contributed by atoms with Gasteiger partial charge < -0.3 is 15.0 Å². The molecule has 130 valence electrons. The molecule has 3 rings (SSSR count). The molecule has 0 radical (unpaired) electrons. The number of H-pyrrole nitrogens is 1. The number of carbonyl (C=O) groups excluding carboxylic acids is 1. The van der Waals surface area contributed by atoms with Crippen molar-refractivity contribution in [3.05, 3.63) is 52.8 Å². The largest absolute Gasteiger partial charge is 0.383 e. The number of nitrogens with zero attached hydrogens (tertiary/aromatic N) is 2. The lowest BCUT2D eigenvalue weighted by atomic mass is 10.1. The number of fused-ring (bicyclic) bond motifs is 1. The molecule has 1 aliphatic heterocycles. The van der Waals surface area contributed by atoms with Crippen LogP contribution in [0.2, 0.25) is 0 Å². The van der Waals surface area contributed by atoms with Crippen LogP contribution in [-0.2, 0) is 24.2 Å². The van der Waals surface area contributed by atoms with E-state index >= 15 is 0 Å². The van der Waals surface area contributed by atoms with Crippen molar-refractivity contribution in [2.45, 2.75) is 19.5 Å². The van der Waals surface area contributed by atoms with E-state index in [1.165, 1.54) is 0 Å². The molecule has 2 N–H and O–H groups in total. The number of benzene rings is 1. The molecule has 0 saturated heterocycles. The number of hydrogen-bond acceptors (Lipinski definition) is 4. The summed E-state index contributed by atoms with van der Waals surface area (Å²) in [5.41, 5.74) is 3.69. The molecule has 0 spiro atoms. The van der Waals surface area contributed by atoms with Gasteiger partial charge in [-0.1, -0.05) is 30.3 Å². The third-order valence-corrected chi connectivity index (χ3v) is 4.08. The van der Waals surface area contributed by atoms with Crippen LogP contribution in [0.1, 0.15) is 27.3 Å². The van der Waals surface area contributed by atoms with Gasteiger partial charge in [0.25, 0.3) is 5.91 Å². The Balaban J connectivity index is 0.00000208. The van der Waals surface area contributed by atoms with Crippen molar-refractivity contribution in [3.63, 3.8) is 0 Å². The van der Waals surface area contributed by atoms with Gasteiger partial charge in [-0.25, -0.2) is 0 Å². The first-order valence-electron chi connectivity index (χ1n) is 7.88. The number of methoxy groups -OCH3 is 1. The fourth-order valence-corrected chi connectivity index (χ4v) is 2.81. The molecule has 2 aromatic rings. The van der Waals surface area contributed by atoms with Gasteiger partial charge in [0.05, 0.1) is 6.61 Å². The van der Waals surface area contributed by atoms with Crippen LogP contribution >= 0.6 is 12.4 Å². The summed E-state index contributed by atoms with van der Waals surface area (Å²) in [4.78, 5) is 14.7. The summed E-state index contributed by atoms with van der Waals surface area (Å²) in [7, 11) is 1.64. The lowest BCUT2D eigenvalue weighted by molar-refractivity contribution is 0.0673. The SMILES string of the molecule is COCCN(Cc1ccccc1)C(=O)c1n[nH]c2c1CNCC2.Cl. The number of ether oxygens (including phenoxy) is 1. The van der Waals surface area contributed by atoms with Crippen LogP contribution in [0.5, 0.6) is 0 Å². The fourth-order valence-electron chi connectivity index (χ4n) is 2.81. The van der Waals surface area contributed by atoms with Gasteiger partial charge >= 0.3 is 0 Å². The van der Waals surface area contributed by atoms with Crippen LogP contribution in [0.3, 0.4) is 0 Å². The average Bonchev–Trinajstić information content (AvgIpc) is 3.03. The van der Waals surface area contributed by atoms with E-state index in [2.05, 4.69) is 15.5 Å². The predicted octanol–water partition coefficient (Wildman–Crippen LogP) is 1.77. The summed E-state index contributed by atoms with van der Waals surface area (Å²) in [6.45, 7) is 3.21. The highest BCUT2D eigenvalue weighted by Gasteiger charge is 2.25. The van der Waals surface area contributed by atoms with Crippen LogP contribution in [0, 0.1) is 0 Å². The van der Waals surface area contributed by atoms with Gasteiger partial charge in [0.15, 0.2) is 5.69 Å². The number of carbonyl (C=O) groups is 1. The Morgan fingerprint density at radius 1 is 1.33 bits per heavy atom. The molecule has 0 atom stereocenters. The Hall–Kier alpha value is -1.89. The zero-order valence-electron chi connectivity index (χ0n) is 13.7. The highest BCUT2D eigenvalue weighted by atomic mass is 35.5. The van der Waals surface area contributed by atoms with E-state index in [0.717, 1.165) is 29.8 Å². The third kappa shape index (κ3) is 4.14. The summed E-state index contributed by atoms with van der Waals surface area (Å²) in [6.07, 6.45) is 0.881. The van der Waals surface area contributed by atoms with Crippen molar-refractivity contribution in [1.29, 1.82) is 0 Å². The summed E-state index contributed by atoms with van der Waals surface area (Å²) >= 11 is 0. The molecule has 1 amide bonds. The van der Waals surface area contributed by atoms with Gasteiger partial charge in [-0.05, 0) is 5.56 Å². The molecule has 24 heavy (non-hydrogen) atoms. The van der Waals surface area contributed by atoms with Crippen molar-refractivity contribution in [1.82, 2.24) is 20.4 Å². The van der Waals surface area contributed by atoms with Crippen molar-refractivity contribution in [2.24, 2.45) is 0 Å². The molecular weight excluding hydrogens is 328 g/mol. The summed E-state index contributed by atoms with van der Waals surface area (Å²) < 4.78 is 5.16. The molecule has 0 unspecified atom stereocenters. The van der Waals surface area contributed by atoms with Gasteiger partial charge in [0, 0.05) is 51.0 Å². The minimum absolute atomic E-state index is 0. The Labute approximate surface area is 148 Å². The molecule has 1 aromatic heterocycles. The molecule has 0 saturated carbocycles. The fraction of sp³-hybridized carbons (Fsp3) is 0.412. The van der Waals surface area contributed by atoms with Crippen LogP contribution in [0.15, 0.2) is 30.3 Å². The standard InChI is InChI=1S/C17H22N4O2.ClH/c1-23-10-9-21(12-13-5-3-2-4-6-13)17(22)16-14-11-18-8-7-15(14)19-20-16;/h2-6,18H,7-12H2,1H3,(H,19,20);1H. The molecule has 0 bridgehead atoms. The quantitative estimate of drug-likeness (QED) is 0.833. The van der Waals surface area contributed by atoms with Crippen LogP contribution < -0.4 is 5.32 Å². The molecule has 7 heteroatoms. The lowest BCUT2D eigenvalue weighted by Gasteiger charge is -2.23. The molecule has 0 aliphatic carbocycles. The maximum atomic E-state index is 12.9. The first kappa shape index (κ1) is 18.4. The Morgan fingerprint density at radius 2 is 2.12 bits per heavy atom. The summed E-state index contributed by atoms with van der Waals surface area (Å²) in [5, 5.41) is 10.6. The second-order valence-corrected chi connectivity index (χ2v) is 5.66. The van der Waals surface area contributed by atoms with Crippen molar-refractivity contribution < 1.29 is 9.53 Å². The van der Waals surface area contributed by atoms with Gasteiger partial charge in [-0.3, -0.25) is 9.89 Å². The smallest absolute Gasteiger partial charge is 0.275 e. The first-order chi connectivity index (χ1) is 11.3. The third-order valence-electron chi connectivity index (χ3n) is 4.08. The van der Waals surface area contributed by atoms with Crippen LogP contribution in [-0.4, -0.2) is 47.8 Å². The first-order valence-corrected chi connectivity index (χ1v) is 7.88. The number of nitrogens with one attached hydrogen (secondary N) is 2. The van der Waals surface area contributed by atoms with Gasteiger partial charge in [0.2, 0.25) is 0 Å². The average molecular weight is 351 g/mol. The Kier molecular flexibility index (Phi) is 6.78. The van der Waals surface area contributed by atoms with E-state index < -0.39 is 0 Å². The molecule has 6 nitrogen and oxygen atoms in total. The van der Waals surface area contributed by atoms with Crippen molar-refractivity contribution in [3.8, 4) is 0 Å². The van der Waals surface area contributed by atoms with E-state index in [-0.39, 0.29) is 18.3 Å². The van der Waals surface area contributed by atoms with Crippen LogP contribution in [0.25, 0.3) is 0 Å². The van der Waals surface area contributed by atoms with E-state index in [9.17, 15) is 4.79 Å². The minimum Gasteiger partial charge on any atom is -0.383 e. The number of halogens is 1. The lowest BCUT2D eigenvalue weighted by Crippen LogP contribution is -2.35. The number of aromatic nitrogens is 2. The van der Waals surface area contributed by atoms with Crippen LogP contribution in [0.4, 0.5) is 0 Å². The second kappa shape index (κ2) is 8.82. The predicted molar refractivity (Wildman–Crippen MR) is 94.3 cm³/mol. The van der Waals surface area contributed by atoms with Gasteiger partial charge in [-0.2, -0.15) is 5.10 Å². The molecular formula is C17H23ClN4O2. The van der Waals surface area contributed by atoms with Gasteiger partial charge in [-0.15, -0.1) is 12.4 Å². The van der Waals surface area contributed by atoms with E-state index in [4.69, 9.17) is 4.74 Å². The Bertz CT molecular complexity index is 660. The van der Waals surface area contributed by atoms with Crippen molar-refractivity contribution in [2.75, 3.05) is 26.8 Å². The zero-order valence-corrected chi connectivity index (χ0v) is 14.6. The van der Waals surface area contributed by atoms with Gasteiger partial charge in [0.1, 0.15) is 0 Å². The highest BCUT2D eigenvalue weighted by Crippen LogP contribution is 2.18. The number of hydrogen-bond donors (Lipinski definition) is 2. The van der Waals surface area contributed by atoms with E-state index in [1.807, 2.05) is 30.3 Å². The molecule has 1 aliphatic rings. The maximum Gasteiger partial charge on any atom is 0.275 e. The van der Waals surface area contributed by atoms with Crippen molar-refractivity contribution >= 4 is 18.3 Å². The normalized spacial score (nSPS) is 13.0. The minimum atomic E-state index is -0.0490.